The van der Waals surface area contributed by atoms with E-state index in [1.807, 2.05) is 26.8 Å². The van der Waals surface area contributed by atoms with Crippen LogP contribution in [0.15, 0.2) is 30.5 Å². The van der Waals surface area contributed by atoms with E-state index >= 15 is 0 Å². The molecule has 0 aliphatic carbocycles. The number of carbonyl (C=O) groups excluding carboxylic acids is 1. The predicted octanol–water partition coefficient (Wildman–Crippen LogP) is 2.37. The molecule has 0 saturated carbocycles. The average molecular weight is 329 g/mol. The van der Waals surface area contributed by atoms with Crippen molar-refractivity contribution in [2.45, 2.75) is 33.4 Å². The molecule has 24 heavy (non-hydrogen) atoms. The van der Waals surface area contributed by atoms with Gasteiger partial charge >= 0.3 is 0 Å². The number of nitrogens with one attached hydrogen (secondary N) is 1. The average Bonchev–Trinajstić information content (AvgIpc) is 3.08. The van der Waals surface area contributed by atoms with Crippen LogP contribution in [0.1, 0.15) is 24.6 Å². The molecule has 1 amide bonds. The van der Waals surface area contributed by atoms with Crippen molar-refractivity contribution in [2.75, 3.05) is 6.54 Å². The first-order valence-corrected chi connectivity index (χ1v) is 7.85. The van der Waals surface area contributed by atoms with Gasteiger partial charge in [-0.3, -0.25) is 4.79 Å². The summed E-state index contributed by atoms with van der Waals surface area (Å²) in [5.41, 5.74) is 0.709. The lowest BCUT2D eigenvalue weighted by atomic mass is 10.2. The lowest BCUT2D eigenvalue weighted by molar-refractivity contribution is -0.121. The van der Waals surface area contributed by atoms with Crippen LogP contribution in [-0.2, 0) is 11.3 Å². The summed E-state index contributed by atoms with van der Waals surface area (Å²) in [6, 6.07) is 6.43. The van der Waals surface area contributed by atoms with E-state index in [1.165, 1.54) is 12.1 Å². The van der Waals surface area contributed by atoms with E-state index in [0.717, 1.165) is 11.2 Å². The second kappa shape index (κ2) is 6.43. The Hall–Kier alpha value is -2.70. The van der Waals surface area contributed by atoms with Crippen LogP contribution < -0.4 is 5.32 Å². The zero-order valence-electron chi connectivity index (χ0n) is 14.0. The standard InChI is InChI=1S/C17H20FN5O/c1-11(23-13(3)20-12(2)21-23)9-19-17(24)10-22-7-6-14-4-5-15(18)8-16(14)22/h4-8,11H,9-10H2,1-3H3,(H,19,24)/t11-/m0/s1. The number of amides is 1. The Bertz CT molecular complexity index is 882. The topological polar surface area (TPSA) is 64.7 Å². The van der Waals surface area contributed by atoms with Crippen LogP contribution in [-0.4, -0.2) is 31.8 Å². The van der Waals surface area contributed by atoms with E-state index in [0.29, 0.717) is 17.9 Å². The zero-order valence-corrected chi connectivity index (χ0v) is 14.0. The molecular weight excluding hydrogens is 309 g/mol. The van der Waals surface area contributed by atoms with Gasteiger partial charge in [-0.1, -0.05) is 0 Å². The van der Waals surface area contributed by atoms with Crippen molar-refractivity contribution >= 4 is 16.8 Å². The minimum absolute atomic E-state index is 0.00833. The number of aryl methyl sites for hydroxylation is 2. The van der Waals surface area contributed by atoms with Gasteiger partial charge in [0.15, 0.2) is 0 Å². The summed E-state index contributed by atoms with van der Waals surface area (Å²) in [7, 11) is 0. The van der Waals surface area contributed by atoms with Crippen molar-refractivity contribution in [2.24, 2.45) is 0 Å². The third-order valence-corrected chi connectivity index (χ3v) is 3.97. The highest BCUT2D eigenvalue weighted by Crippen LogP contribution is 2.17. The van der Waals surface area contributed by atoms with E-state index in [4.69, 9.17) is 0 Å². The van der Waals surface area contributed by atoms with E-state index in [1.54, 1.807) is 21.5 Å². The monoisotopic (exact) mass is 329 g/mol. The van der Waals surface area contributed by atoms with Gasteiger partial charge in [-0.05, 0) is 50.4 Å². The van der Waals surface area contributed by atoms with Crippen molar-refractivity contribution in [3.8, 4) is 0 Å². The Balaban J connectivity index is 1.63. The second-order valence-corrected chi connectivity index (χ2v) is 5.95. The second-order valence-electron chi connectivity index (χ2n) is 5.95. The quantitative estimate of drug-likeness (QED) is 0.781. The number of halogens is 1. The molecule has 0 aliphatic rings. The van der Waals surface area contributed by atoms with Crippen LogP contribution in [0.25, 0.3) is 10.9 Å². The van der Waals surface area contributed by atoms with Crippen molar-refractivity contribution < 1.29 is 9.18 Å². The van der Waals surface area contributed by atoms with Crippen molar-refractivity contribution in [1.82, 2.24) is 24.6 Å². The molecule has 0 unspecified atom stereocenters. The third kappa shape index (κ3) is 3.29. The molecule has 2 heterocycles. The largest absolute Gasteiger partial charge is 0.352 e. The molecule has 0 spiro atoms. The maximum atomic E-state index is 13.4. The molecule has 1 N–H and O–H groups in total. The van der Waals surface area contributed by atoms with Crippen molar-refractivity contribution in [1.29, 1.82) is 0 Å². The number of rotatable bonds is 5. The highest BCUT2D eigenvalue weighted by molar-refractivity contribution is 5.83. The molecule has 0 aliphatic heterocycles. The van der Waals surface area contributed by atoms with Crippen LogP contribution in [0.4, 0.5) is 4.39 Å². The maximum absolute atomic E-state index is 13.4. The van der Waals surface area contributed by atoms with Crippen LogP contribution >= 0.6 is 0 Å². The summed E-state index contributed by atoms with van der Waals surface area (Å²) < 4.78 is 16.9. The van der Waals surface area contributed by atoms with Gasteiger partial charge in [-0.15, -0.1) is 0 Å². The fourth-order valence-corrected chi connectivity index (χ4v) is 2.81. The molecule has 3 aromatic rings. The summed E-state index contributed by atoms with van der Waals surface area (Å²) in [4.78, 5) is 16.5. The normalized spacial score (nSPS) is 12.5. The van der Waals surface area contributed by atoms with Crippen LogP contribution in [0.5, 0.6) is 0 Å². The summed E-state index contributed by atoms with van der Waals surface area (Å²) in [5.74, 6) is 1.10. The Morgan fingerprint density at radius 3 is 2.83 bits per heavy atom. The summed E-state index contributed by atoms with van der Waals surface area (Å²) in [5, 5.41) is 8.12. The van der Waals surface area contributed by atoms with Gasteiger partial charge in [0.1, 0.15) is 24.0 Å². The minimum atomic E-state index is -0.312. The molecular formula is C17H20FN5O. The first kappa shape index (κ1) is 16.2. The first-order chi connectivity index (χ1) is 11.4. The first-order valence-electron chi connectivity index (χ1n) is 7.85. The highest BCUT2D eigenvalue weighted by Gasteiger charge is 2.13. The Morgan fingerprint density at radius 2 is 2.12 bits per heavy atom. The van der Waals surface area contributed by atoms with Crippen molar-refractivity contribution in [3.05, 3.63) is 47.9 Å². The van der Waals surface area contributed by atoms with Gasteiger partial charge < -0.3 is 9.88 Å². The number of carbonyl (C=O) groups is 1. The van der Waals surface area contributed by atoms with Crippen LogP contribution in [0.2, 0.25) is 0 Å². The molecule has 3 rings (SSSR count). The van der Waals surface area contributed by atoms with E-state index in [9.17, 15) is 9.18 Å². The number of nitrogens with zero attached hydrogens (tertiary/aromatic N) is 4. The maximum Gasteiger partial charge on any atom is 0.240 e. The number of aromatic nitrogens is 4. The van der Waals surface area contributed by atoms with Crippen LogP contribution in [0, 0.1) is 19.7 Å². The molecule has 2 aromatic heterocycles. The molecule has 0 fully saturated rings. The Kier molecular flexibility index (Phi) is 4.33. The fourth-order valence-electron chi connectivity index (χ4n) is 2.81. The highest BCUT2D eigenvalue weighted by atomic mass is 19.1. The Labute approximate surface area is 139 Å². The number of hydrogen-bond acceptors (Lipinski definition) is 3. The predicted molar refractivity (Wildman–Crippen MR) is 89.1 cm³/mol. The molecule has 0 bridgehead atoms. The van der Waals surface area contributed by atoms with Gasteiger partial charge in [0.2, 0.25) is 5.91 Å². The van der Waals surface area contributed by atoms with Gasteiger partial charge in [0.05, 0.1) is 11.6 Å². The lowest BCUT2D eigenvalue weighted by Crippen LogP contribution is -2.32. The third-order valence-electron chi connectivity index (χ3n) is 3.97. The van der Waals surface area contributed by atoms with Gasteiger partial charge in [-0.25, -0.2) is 14.1 Å². The molecule has 6 nitrogen and oxygen atoms in total. The molecule has 126 valence electrons. The van der Waals surface area contributed by atoms with Gasteiger partial charge in [-0.2, -0.15) is 5.10 Å². The Morgan fingerprint density at radius 1 is 1.33 bits per heavy atom. The summed E-state index contributed by atoms with van der Waals surface area (Å²) in [6.07, 6.45) is 1.79. The fraction of sp³-hybridized carbons (Fsp3) is 0.353. The smallest absolute Gasteiger partial charge is 0.240 e. The van der Waals surface area contributed by atoms with E-state index in [-0.39, 0.29) is 24.3 Å². The molecule has 7 heteroatoms. The van der Waals surface area contributed by atoms with E-state index < -0.39 is 0 Å². The van der Waals surface area contributed by atoms with Crippen LogP contribution in [0.3, 0.4) is 0 Å². The number of fused-ring (bicyclic) bond motifs is 1. The number of hydrogen-bond donors (Lipinski definition) is 1. The molecule has 0 radical (unpaired) electrons. The summed E-state index contributed by atoms with van der Waals surface area (Å²) in [6.45, 7) is 6.30. The minimum Gasteiger partial charge on any atom is -0.352 e. The van der Waals surface area contributed by atoms with Crippen molar-refractivity contribution in [3.63, 3.8) is 0 Å². The number of benzene rings is 1. The SMILES string of the molecule is Cc1nc(C)n([C@@H](C)CNC(=O)Cn2ccc3ccc(F)cc32)n1. The van der Waals surface area contributed by atoms with Gasteiger partial charge in [0.25, 0.3) is 0 Å². The lowest BCUT2D eigenvalue weighted by Gasteiger charge is -2.14. The molecule has 0 saturated heterocycles. The summed E-state index contributed by atoms with van der Waals surface area (Å²) >= 11 is 0. The zero-order chi connectivity index (χ0) is 17.3. The van der Waals surface area contributed by atoms with Gasteiger partial charge in [0, 0.05) is 12.7 Å². The van der Waals surface area contributed by atoms with E-state index in [2.05, 4.69) is 15.4 Å². The molecule has 1 atom stereocenters. The molecule has 1 aromatic carbocycles.